The highest BCUT2D eigenvalue weighted by Crippen LogP contribution is 2.56. The second-order valence-corrected chi connectivity index (χ2v) is 11.2. The highest BCUT2D eigenvalue weighted by atomic mass is 79.9. The lowest BCUT2D eigenvalue weighted by atomic mass is 9.79. The van der Waals surface area contributed by atoms with Crippen LogP contribution < -0.4 is 0 Å². The molecule has 2 aliphatic heterocycles. The molecule has 6 nitrogen and oxygen atoms in total. The first-order chi connectivity index (χ1) is 16.4. The third kappa shape index (κ3) is 4.01. The van der Waals surface area contributed by atoms with Gasteiger partial charge in [-0.15, -0.1) is 11.8 Å². The Hall–Kier alpha value is -2.44. The number of likely N-dealkylation sites (tertiary alicyclic amines) is 2. The van der Waals surface area contributed by atoms with Gasteiger partial charge in [-0.1, -0.05) is 0 Å². The standard InChI is InChI=1S/C25H24BrFN4O2S/c26-22-14-16-2-8-21-25(19(16)15-29-22,34-18-5-3-17(27)4-6-18)10-13-31(21)24(33)20-7-9-23(32)30(20)12-1-11-28/h3-6,14-15,20-21H,1-2,7-10,12-13H2. The smallest absolute Gasteiger partial charge is 0.245 e. The number of hydrogen-bond donors (Lipinski definition) is 0. The number of aryl methyl sites for hydroxylation is 1. The zero-order valence-corrected chi connectivity index (χ0v) is 20.9. The van der Waals surface area contributed by atoms with Gasteiger partial charge < -0.3 is 9.80 Å². The number of carbonyl (C=O) groups excluding carboxylic acids is 2. The summed E-state index contributed by atoms with van der Waals surface area (Å²) in [5, 5.41) is 8.99. The molecule has 3 heterocycles. The van der Waals surface area contributed by atoms with Gasteiger partial charge in [-0.25, -0.2) is 9.37 Å². The Morgan fingerprint density at radius 3 is 2.85 bits per heavy atom. The van der Waals surface area contributed by atoms with Crippen molar-refractivity contribution in [1.29, 1.82) is 5.26 Å². The maximum absolute atomic E-state index is 13.8. The number of pyridine rings is 1. The SMILES string of the molecule is N#CCCN1C(=O)CCC1C(=O)N1CCC2(Sc3ccc(F)cc3)c3cnc(Br)cc3CCC12. The van der Waals surface area contributed by atoms with Crippen LogP contribution in [0.15, 0.2) is 46.0 Å². The predicted octanol–water partition coefficient (Wildman–Crippen LogP) is 4.42. The molecular weight excluding hydrogens is 519 g/mol. The maximum atomic E-state index is 13.8. The van der Waals surface area contributed by atoms with Crippen LogP contribution in [0.4, 0.5) is 4.39 Å². The van der Waals surface area contributed by atoms with Crippen LogP contribution in [0, 0.1) is 17.1 Å². The molecule has 3 atom stereocenters. The number of nitriles is 1. The number of halogens is 2. The Morgan fingerprint density at radius 1 is 1.29 bits per heavy atom. The highest BCUT2D eigenvalue weighted by Gasteiger charge is 2.55. The summed E-state index contributed by atoms with van der Waals surface area (Å²) in [5.74, 6) is -0.355. The van der Waals surface area contributed by atoms with E-state index >= 15 is 0 Å². The van der Waals surface area contributed by atoms with Gasteiger partial charge in [0, 0.05) is 30.6 Å². The quantitative estimate of drug-likeness (QED) is 0.522. The number of carbonyl (C=O) groups is 2. The van der Waals surface area contributed by atoms with Crippen molar-refractivity contribution in [1.82, 2.24) is 14.8 Å². The van der Waals surface area contributed by atoms with Gasteiger partial charge in [0.2, 0.25) is 11.8 Å². The number of nitrogens with zero attached hydrogens (tertiary/aromatic N) is 4. The van der Waals surface area contributed by atoms with Gasteiger partial charge in [-0.3, -0.25) is 9.59 Å². The fourth-order valence-corrected chi connectivity index (χ4v) is 7.63. The zero-order valence-electron chi connectivity index (χ0n) is 18.5. The number of fused-ring (bicyclic) bond motifs is 3. The van der Waals surface area contributed by atoms with Gasteiger partial charge >= 0.3 is 0 Å². The average molecular weight is 543 g/mol. The van der Waals surface area contributed by atoms with Crippen molar-refractivity contribution in [2.45, 2.75) is 60.3 Å². The largest absolute Gasteiger partial charge is 0.336 e. The Labute approximate surface area is 210 Å². The number of benzene rings is 1. The summed E-state index contributed by atoms with van der Waals surface area (Å²) in [6, 6.07) is 10.1. The van der Waals surface area contributed by atoms with Crippen LogP contribution in [0.5, 0.6) is 0 Å². The van der Waals surface area contributed by atoms with Gasteiger partial charge in [0.05, 0.1) is 23.3 Å². The first kappa shape index (κ1) is 23.3. The number of rotatable bonds is 5. The topological polar surface area (TPSA) is 77.3 Å². The highest BCUT2D eigenvalue weighted by molar-refractivity contribution is 9.10. The van der Waals surface area contributed by atoms with Crippen LogP contribution in [0.3, 0.4) is 0 Å². The number of thioether (sulfide) groups is 1. The van der Waals surface area contributed by atoms with Crippen molar-refractivity contribution >= 4 is 39.5 Å². The van der Waals surface area contributed by atoms with E-state index in [1.807, 2.05) is 11.1 Å². The molecule has 0 saturated carbocycles. The normalized spacial score (nSPS) is 25.7. The number of amides is 2. The summed E-state index contributed by atoms with van der Waals surface area (Å²) < 4.78 is 14.0. The van der Waals surface area contributed by atoms with Crippen LogP contribution >= 0.6 is 27.7 Å². The molecule has 0 spiro atoms. The summed E-state index contributed by atoms with van der Waals surface area (Å²) in [6.45, 7) is 0.879. The van der Waals surface area contributed by atoms with Crippen LogP contribution in [0.1, 0.15) is 43.2 Å². The van der Waals surface area contributed by atoms with Gasteiger partial charge in [0.15, 0.2) is 0 Å². The monoisotopic (exact) mass is 542 g/mol. The Bertz CT molecular complexity index is 1170. The summed E-state index contributed by atoms with van der Waals surface area (Å²) in [5.41, 5.74) is 2.34. The Balaban J connectivity index is 1.49. The molecular formula is C25H24BrFN4O2S. The fraction of sp³-hybridized carbons (Fsp3) is 0.440. The molecule has 2 amide bonds. The van der Waals surface area contributed by atoms with Gasteiger partial charge in [-0.05, 0) is 83.1 Å². The maximum Gasteiger partial charge on any atom is 0.245 e. The third-order valence-corrected chi connectivity index (χ3v) is 9.21. The van der Waals surface area contributed by atoms with E-state index in [0.29, 0.717) is 25.9 Å². The number of hydrogen-bond acceptors (Lipinski definition) is 5. The summed E-state index contributed by atoms with van der Waals surface area (Å²) in [7, 11) is 0. The first-order valence-corrected chi connectivity index (χ1v) is 13.1. The van der Waals surface area contributed by atoms with Crippen molar-refractivity contribution in [3.05, 3.63) is 58.1 Å². The molecule has 0 N–H and O–H groups in total. The van der Waals surface area contributed by atoms with E-state index in [2.05, 4.69) is 33.0 Å². The molecule has 1 aromatic heterocycles. The Morgan fingerprint density at radius 2 is 2.09 bits per heavy atom. The molecule has 0 radical (unpaired) electrons. The van der Waals surface area contributed by atoms with E-state index in [-0.39, 0.29) is 30.1 Å². The van der Waals surface area contributed by atoms with E-state index in [1.165, 1.54) is 17.7 Å². The number of aromatic nitrogens is 1. The minimum absolute atomic E-state index is 0.0242. The summed E-state index contributed by atoms with van der Waals surface area (Å²) in [4.78, 5) is 35.2. The molecule has 5 rings (SSSR count). The van der Waals surface area contributed by atoms with Crippen molar-refractivity contribution < 1.29 is 14.0 Å². The summed E-state index contributed by atoms with van der Waals surface area (Å²) >= 11 is 5.16. The van der Waals surface area contributed by atoms with E-state index < -0.39 is 10.8 Å². The molecule has 34 heavy (non-hydrogen) atoms. The second-order valence-electron chi connectivity index (χ2n) is 9.00. The average Bonchev–Trinajstić information content (AvgIpc) is 3.39. The van der Waals surface area contributed by atoms with Crippen LogP contribution in [0.2, 0.25) is 0 Å². The van der Waals surface area contributed by atoms with Gasteiger partial charge in [0.1, 0.15) is 16.5 Å². The van der Waals surface area contributed by atoms with Gasteiger partial charge in [-0.2, -0.15) is 5.26 Å². The van der Waals surface area contributed by atoms with E-state index in [1.54, 1.807) is 28.8 Å². The van der Waals surface area contributed by atoms with Crippen molar-refractivity contribution in [2.24, 2.45) is 0 Å². The first-order valence-electron chi connectivity index (χ1n) is 11.5. The lowest BCUT2D eigenvalue weighted by molar-refractivity contribution is -0.142. The molecule has 0 bridgehead atoms. The Kier molecular flexibility index (Phi) is 6.38. The molecule has 1 aliphatic carbocycles. The molecule has 9 heteroatoms. The molecule has 2 saturated heterocycles. The summed E-state index contributed by atoms with van der Waals surface area (Å²) in [6.07, 6.45) is 5.36. The zero-order chi connectivity index (χ0) is 23.9. The molecule has 3 unspecified atom stereocenters. The molecule has 2 aromatic rings. The predicted molar refractivity (Wildman–Crippen MR) is 129 cm³/mol. The minimum Gasteiger partial charge on any atom is -0.336 e. The lowest BCUT2D eigenvalue weighted by Gasteiger charge is -2.43. The van der Waals surface area contributed by atoms with E-state index in [4.69, 9.17) is 5.26 Å². The molecule has 1 aromatic carbocycles. The van der Waals surface area contributed by atoms with Crippen LogP contribution in [-0.4, -0.2) is 51.8 Å². The van der Waals surface area contributed by atoms with Gasteiger partial charge in [0.25, 0.3) is 0 Å². The fourth-order valence-electron chi connectivity index (χ4n) is 5.70. The minimum atomic E-state index is -0.503. The van der Waals surface area contributed by atoms with E-state index in [0.717, 1.165) is 34.3 Å². The van der Waals surface area contributed by atoms with Crippen molar-refractivity contribution in [2.75, 3.05) is 13.1 Å². The van der Waals surface area contributed by atoms with Crippen molar-refractivity contribution in [3.8, 4) is 6.07 Å². The third-order valence-electron chi connectivity index (χ3n) is 7.21. The molecule has 176 valence electrons. The van der Waals surface area contributed by atoms with Crippen LogP contribution in [0.25, 0.3) is 0 Å². The van der Waals surface area contributed by atoms with E-state index in [9.17, 15) is 14.0 Å². The molecule has 3 aliphatic rings. The van der Waals surface area contributed by atoms with Crippen LogP contribution in [-0.2, 0) is 20.8 Å². The molecule has 2 fully saturated rings. The van der Waals surface area contributed by atoms with Crippen molar-refractivity contribution in [3.63, 3.8) is 0 Å². The lowest BCUT2D eigenvalue weighted by Crippen LogP contribution is -2.52. The second kappa shape index (κ2) is 9.31.